The second-order valence-corrected chi connectivity index (χ2v) is 6.22. The van der Waals surface area contributed by atoms with Crippen molar-refractivity contribution in [3.63, 3.8) is 0 Å². The van der Waals surface area contributed by atoms with E-state index in [9.17, 15) is 4.79 Å². The first-order valence-corrected chi connectivity index (χ1v) is 8.02. The molecule has 5 nitrogen and oxygen atoms in total. The number of nitrogens with zero attached hydrogens (tertiary/aromatic N) is 2. The average Bonchev–Trinajstić information content (AvgIpc) is 3.08. The lowest BCUT2D eigenvalue weighted by Gasteiger charge is -2.22. The first-order valence-electron chi connectivity index (χ1n) is 8.02. The highest BCUT2D eigenvalue weighted by Crippen LogP contribution is 2.37. The van der Waals surface area contributed by atoms with Crippen LogP contribution in [0.4, 0.5) is 0 Å². The maximum Gasteiger partial charge on any atom is 0.185 e. The molecule has 0 N–H and O–H groups in total. The summed E-state index contributed by atoms with van der Waals surface area (Å²) in [5.41, 5.74) is 4.15. The number of hydrogen-bond acceptors (Lipinski definition) is 4. The van der Waals surface area contributed by atoms with Crippen molar-refractivity contribution in [1.82, 2.24) is 9.78 Å². The quantitative estimate of drug-likeness (QED) is 0.818. The molecule has 2 aliphatic rings. The summed E-state index contributed by atoms with van der Waals surface area (Å²) in [6, 6.07) is 0. The number of aryl methyl sites for hydroxylation is 2. The van der Waals surface area contributed by atoms with Crippen molar-refractivity contribution in [3.05, 3.63) is 28.8 Å². The van der Waals surface area contributed by atoms with Crippen LogP contribution in [0, 0.1) is 6.92 Å². The van der Waals surface area contributed by atoms with Crippen LogP contribution < -0.4 is 0 Å². The van der Waals surface area contributed by atoms with E-state index in [1.54, 1.807) is 0 Å². The number of aromatic nitrogens is 2. The molecule has 3 heterocycles. The van der Waals surface area contributed by atoms with Crippen LogP contribution in [0.2, 0.25) is 0 Å². The van der Waals surface area contributed by atoms with Gasteiger partial charge in [-0.1, -0.05) is 0 Å². The molecule has 1 fully saturated rings. The van der Waals surface area contributed by atoms with E-state index in [1.807, 2.05) is 11.6 Å². The summed E-state index contributed by atoms with van der Waals surface area (Å²) >= 11 is 0. The predicted octanol–water partition coefficient (Wildman–Crippen LogP) is 2.93. The number of fused-ring (bicyclic) bond motifs is 3. The molecule has 2 aromatic heterocycles. The summed E-state index contributed by atoms with van der Waals surface area (Å²) in [4.78, 5) is 11.1. The van der Waals surface area contributed by atoms with Gasteiger partial charge in [0.25, 0.3) is 0 Å². The zero-order valence-corrected chi connectivity index (χ0v) is 12.8. The zero-order valence-electron chi connectivity index (χ0n) is 12.8. The van der Waals surface area contributed by atoms with Crippen molar-refractivity contribution < 1.29 is 13.9 Å². The minimum Gasteiger partial charge on any atom is -0.457 e. The highest BCUT2D eigenvalue weighted by molar-refractivity contribution is 5.81. The largest absolute Gasteiger partial charge is 0.457 e. The molecule has 1 aliphatic carbocycles. The number of carbonyl (C=O) groups is 1. The van der Waals surface area contributed by atoms with Crippen LogP contribution in [0.15, 0.2) is 10.6 Å². The summed E-state index contributed by atoms with van der Waals surface area (Å²) in [7, 11) is 0. The van der Waals surface area contributed by atoms with Gasteiger partial charge < -0.3 is 9.15 Å². The second-order valence-electron chi connectivity index (χ2n) is 6.22. The fraction of sp³-hybridized carbons (Fsp3) is 0.529. The van der Waals surface area contributed by atoms with Gasteiger partial charge in [-0.2, -0.15) is 5.10 Å². The first-order chi connectivity index (χ1) is 10.8. The van der Waals surface area contributed by atoms with Gasteiger partial charge in [0.15, 0.2) is 12.0 Å². The summed E-state index contributed by atoms with van der Waals surface area (Å²) in [5, 5.41) is 4.76. The van der Waals surface area contributed by atoms with Crippen molar-refractivity contribution >= 4 is 6.29 Å². The molecular formula is C17H20N2O3. The summed E-state index contributed by atoms with van der Waals surface area (Å²) in [5.74, 6) is 1.33. The van der Waals surface area contributed by atoms with Gasteiger partial charge in [-0.05, 0) is 38.2 Å². The molecule has 0 saturated carbocycles. The van der Waals surface area contributed by atoms with Gasteiger partial charge in [-0.25, -0.2) is 0 Å². The molecule has 116 valence electrons. The Bertz CT molecular complexity index is 708. The summed E-state index contributed by atoms with van der Waals surface area (Å²) < 4.78 is 13.5. The van der Waals surface area contributed by atoms with Crippen molar-refractivity contribution in [3.8, 4) is 11.3 Å². The lowest BCUT2D eigenvalue weighted by molar-refractivity contribution is 0.00402. The van der Waals surface area contributed by atoms with Gasteiger partial charge >= 0.3 is 0 Å². The maximum absolute atomic E-state index is 11.1. The summed E-state index contributed by atoms with van der Waals surface area (Å²) in [6.45, 7) is 3.60. The number of hydrogen-bond donors (Lipinski definition) is 0. The molecule has 2 aromatic rings. The van der Waals surface area contributed by atoms with E-state index >= 15 is 0 Å². The molecule has 0 amide bonds. The van der Waals surface area contributed by atoms with Crippen molar-refractivity contribution in [2.75, 3.05) is 6.61 Å². The molecule has 22 heavy (non-hydrogen) atoms. The van der Waals surface area contributed by atoms with Crippen LogP contribution in [0.1, 0.15) is 46.7 Å². The van der Waals surface area contributed by atoms with Gasteiger partial charge in [0.05, 0.1) is 18.3 Å². The minimum absolute atomic E-state index is 0.269. The molecule has 0 radical (unpaired) electrons. The lowest BCUT2D eigenvalue weighted by atomic mass is 9.94. The number of ether oxygens (including phenoxy) is 1. The van der Waals surface area contributed by atoms with E-state index in [0.717, 1.165) is 67.7 Å². The van der Waals surface area contributed by atoms with E-state index in [1.165, 1.54) is 12.0 Å². The Morgan fingerprint density at radius 2 is 2.32 bits per heavy atom. The predicted molar refractivity (Wildman–Crippen MR) is 81.1 cm³/mol. The third kappa shape index (κ3) is 2.20. The number of rotatable bonds is 3. The van der Waals surface area contributed by atoms with Gasteiger partial charge in [-0.3, -0.25) is 9.48 Å². The van der Waals surface area contributed by atoms with E-state index < -0.39 is 0 Å². The van der Waals surface area contributed by atoms with Crippen LogP contribution in [-0.2, 0) is 24.1 Å². The molecule has 0 spiro atoms. The Balaban J connectivity index is 1.66. The van der Waals surface area contributed by atoms with E-state index in [-0.39, 0.29) is 6.10 Å². The molecule has 4 rings (SSSR count). The van der Waals surface area contributed by atoms with Gasteiger partial charge in [0.1, 0.15) is 5.76 Å². The standard InChI is InChI=1S/C17H20N2O3/c1-11-15(10-20)22-14-6-5-12-8-19(18-17(12)16(11)14)9-13-4-2-3-7-21-13/h8,10,13H,2-7,9H2,1H3. The van der Waals surface area contributed by atoms with Gasteiger partial charge in [-0.15, -0.1) is 0 Å². The molecular weight excluding hydrogens is 280 g/mol. The number of aldehydes is 1. The fourth-order valence-corrected chi connectivity index (χ4v) is 3.55. The van der Waals surface area contributed by atoms with E-state index in [2.05, 4.69) is 6.20 Å². The molecule has 1 unspecified atom stereocenters. The number of carbonyl (C=O) groups excluding carboxylic acids is 1. The molecule has 1 saturated heterocycles. The van der Waals surface area contributed by atoms with Crippen LogP contribution in [-0.4, -0.2) is 28.8 Å². The van der Waals surface area contributed by atoms with Crippen LogP contribution in [0.3, 0.4) is 0 Å². The molecule has 1 aliphatic heterocycles. The topological polar surface area (TPSA) is 57.3 Å². The van der Waals surface area contributed by atoms with Crippen molar-refractivity contribution in [1.29, 1.82) is 0 Å². The third-order valence-corrected chi connectivity index (χ3v) is 4.72. The van der Waals surface area contributed by atoms with Crippen LogP contribution in [0.5, 0.6) is 0 Å². The van der Waals surface area contributed by atoms with Crippen LogP contribution in [0.25, 0.3) is 11.3 Å². The number of furan rings is 1. The molecule has 0 aromatic carbocycles. The van der Waals surface area contributed by atoms with E-state index in [4.69, 9.17) is 14.3 Å². The highest BCUT2D eigenvalue weighted by atomic mass is 16.5. The van der Waals surface area contributed by atoms with Crippen molar-refractivity contribution in [2.24, 2.45) is 0 Å². The zero-order chi connectivity index (χ0) is 15.1. The monoisotopic (exact) mass is 300 g/mol. The highest BCUT2D eigenvalue weighted by Gasteiger charge is 2.27. The van der Waals surface area contributed by atoms with Gasteiger partial charge in [0.2, 0.25) is 0 Å². The third-order valence-electron chi connectivity index (χ3n) is 4.72. The Labute approximate surface area is 129 Å². The average molecular weight is 300 g/mol. The first kappa shape index (κ1) is 13.8. The Hall–Kier alpha value is -1.88. The smallest absolute Gasteiger partial charge is 0.185 e. The molecule has 5 heteroatoms. The minimum atomic E-state index is 0.269. The Morgan fingerprint density at radius 3 is 3.09 bits per heavy atom. The SMILES string of the molecule is Cc1c(C=O)oc2c1-c1nn(CC3CCCCO3)cc1CC2. The normalized spacial score (nSPS) is 20.5. The molecule has 1 atom stereocenters. The Kier molecular flexibility index (Phi) is 3.37. The maximum atomic E-state index is 11.1. The Morgan fingerprint density at radius 1 is 1.41 bits per heavy atom. The summed E-state index contributed by atoms with van der Waals surface area (Å²) in [6.07, 6.45) is 8.45. The lowest BCUT2D eigenvalue weighted by Crippen LogP contribution is -2.24. The second kappa shape index (κ2) is 5.39. The van der Waals surface area contributed by atoms with E-state index in [0.29, 0.717) is 5.76 Å². The molecule has 0 bridgehead atoms. The van der Waals surface area contributed by atoms with Crippen LogP contribution >= 0.6 is 0 Å². The fourth-order valence-electron chi connectivity index (χ4n) is 3.55. The van der Waals surface area contributed by atoms with Gasteiger partial charge in [0, 0.05) is 30.4 Å². The van der Waals surface area contributed by atoms with Crippen molar-refractivity contribution in [2.45, 2.75) is 51.7 Å².